The molecular formula is C10H12N4O2. The maximum atomic E-state index is 11.2. The Morgan fingerprint density at radius 3 is 2.62 bits per heavy atom. The van der Waals surface area contributed by atoms with E-state index in [1.54, 1.807) is 12.1 Å². The molecule has 1 aliphatic rings. The lowest BCUT2D eigenvalue weighted by Gasteiger charge is -2.25. The van der Waals surface area contributed by atoms with Crippen LogP contribution in [-0.4, -0.2) is 16.9 Å². The van der Waals surface area contributed by atoms with Gasteiger partial charge in [-0.2, -0.15) is 0 Å². The standard InChI is InChI=1S/C10H12N4O2/c11-8-6-9(13-10(12)14(8)15)16-7-4-2-1-3-5-7/h1-6,10,13H,11-12H2. The summed E-state index contributed by atoms with van der Waals surface area (Å²) in [5.41, 5.74) is 11.0. The number of hydroxylamine groups is 1. The second kappa shape index (κ2) is 4.11. The van der Waals surface area contributed by atoms with E-state index in [9.17, 15) is 5.21 Å². The van der Waals surface area contributed by atoms with Gasteiger partial charge in [-0.1, -0.05) is 18.2 Å². The number of rotatable bonds is 2. The van der Waals surface area contributed by atoms with Crippen LogP contribution in [0.5, 0.6) is 5.75 Å². The monoisotopic (exact) mass is 220 g/mol. The number of benzene rings is 1. The molecule has 0 fully saturated rings. The third-order valence-corrected chi connectivity index (χ3v) is 2.05. The molecular weight excluding hydrogens is 208 g/mol. The quantitative estimate of drug-likeness (QED) is 0.466. The van der Waals surface area contributed by atoms with Crippen LogP contribution in [0.15, 0.2) is 42.3 Å². The van der Waals surface area contributed by atoms with Gasteiger partial charge in [0.25, 0.3) is 5.84 Å². The molecule has 0 saturated carbocycles. The Morgan fingerprint density at radius 1 is 1.31 bits per heavy atom. The normalized spacial score (nSPS) is 20.1. The van der Waals surface area contributed by atoms with E-state index in [2.05, 4.69) is 5.32 Å². The molecule has 2 rings (SSSR count). The first-order chi connectivity index (χ1) is 7.66. The summed E-state index contributed by atoms with van der Waals surface area (Å²) in [5.74, 6) is 1.00. The number of amidine groups is 1. The molecule has 0 aliphatic carbocycles. The molecule has 0 bridgehead atoms. The molecule has 1 unspecified atom stereocenters. The summed E-state index contributed by atoms with van der Waals surface area (Å²) in [6, 6.07) is 9.12. The minimum absolute atomic E-state index is 0.0113. The molecule has 6 nitrogen and oxygen atoms in total. The third kappa shape index (κ3) is 2.06. The number of hydrogen-bond donors (Lipinski definition) is 3. The minimum atomic E-state index is -0.927. The van der Waals surface area contributed by atoms with Crippen LogP contribution in [0, 0.1) is 5.21 Å². The minimum Gasteiger partial charge on any atom is -0.713 e. The van der Waals surface area contributed by atoms with Crippen molar-refractivity contribution in [1.82, 2.24) is 5.32 Å². The summed E-state index contributed by atoms with van der Waals surface area (Å²) in [5, 5.41) is 13.9. The molecule has 84 valence electrons. The Hall–Kier alpha value is -2.21. The van der Waals surface area contributed by atoms with Gasteiger partial charge in [-0.15, -0.1) is 0 Å². The Balaban J connectivity index is 2.16. The van der Waals surface area contributed by atoms with Crippen LogP contribution in [0.3, 0.4) is 0 Å². The van der Waals surface area contributed by atoms with E-state index in [1.807, 2.05) is 18.2 Å². The molecule has 0 saturated heterocycles. The largest absolute Gasteiger partial charge is 0.713 e. The van der Waals surface area contributed by atoms with Crippen molar-refractivity contribution in [3.8, 4) is 5.75 Å². The first-order valence-electron chi connectivity index (χ1n) is 4.72. The Kier molecular flexibility index (Phi) is 2.65. The summed E-state index contributed by atoms with van der Waals surface area (Å²) in [6.07, 6.45) is 0.465. The van der Waals surface area contributed by atoms with Crippen LogP contribution in [0.2, 0.25) is 0 Å². The maximum Gasteiger partial charge on any atom is 0.278 e. The van der Waals surface area contributed by atoms with E-state index >= 15 is 0 Å². The fourth-order valence-electron chi connectivity index (χ4n) is 1.28. The smallest absolute Gasteiger partial charge is 0.278 e. The van der Waals surface area contributed by atoms with Crippen LogP contribution >= 0.6 is 0 Å². The highest BCUT2D eigenvalue weighted by atomic mass is 16.5. The van der Waals surface area contributed by atoms with Gasteiger partial charge in [0, 0.05) is 0 Å². The Labute approximate surface area is 92.4 Å². The van der Waals surface area contributed by atoms with E-state index in [0.29, 0.717) is 16.4 Å². The van der Waals surface area contributed by atoms with Crippen molar-refractivity contribution in [2.45, 2.75) is 6.29 Å². The lowest BCUT2D eigenvalue weighted by atomic mass is 10.3. The van der Waals surface area contributed by atoms with Crippen molar-refractivity contribution < 1.29 is 9.48 Å². The predicted molar refractivity (Wildman–Crippen MR) is 59.1 cm³/mol. The molecule has 1 atom stereocenters. The van der Waals surface area contributed by atoms with Gasteiger partial charge in [-0.25, -0.2) is 4.74 Å². The molecule has 6 heteroatoms. The Bertz CT molecular complexity index is 441. The van der Waals surface area contributed by atoms with Crippen LogP contribution in [0.25, 0.3) is 0 Å². The molecule has 1 aromatic rings. The molecule has 1 aliphatic heterocycles. The molecule has 1 aromatic carbocycles. The lowest BCUT2D eigenvalue weighted by molar-refractivity contribution is -0.509. The van der Waals surface area contributed by atoms with Crippen molar-refractivity contribution in [3.05, 3.63) is 47.5 Å². The second-order valence-electron chi connectivity index (χ2n) is 3.26. The average Bonchev–Trinajstić information content (AvgIpc) is 2.27. The van der Waals surface area contributed by atoms with Crippen LogP contribution in [0.4, 0.5) is 0 Å². The van der Waals surface area contributed by atoms with Gasteiger partial charge in [-0.3, -0.25) is 11.5 Å². The first kappa shape index (κ1) is 10.3. The number of hydrogen-bond acceptors (Lipinski definition) is 5. The van der Waals surface area contributed by atoms with Crippen molar-refractivity contribution in [1.29, 1.82) is 0 Å². The van der Waals surface area contributed by atoms with E-state index in [4.69, 9.17) is 16.2 Å². The molecule has 0 radical (unpaired) electrons. The number of nitrogens with zero attached hydrogens (tertiary/aromatic N) is 1. The first-order valence-corrected chi connectivity index (χ1v) is 4.72. The van der Waals surface area contributed by atoms with Crippen LogP contribution in [-0.2, 0) is 0 Å². The average molecular weight is 220 g/mol. The van der Waals surface area contributed by atoms with Crippen molar-refractivity contribution in [3.63, 3.8) is 0 Å². The topological polar surface area (TPSA) is 99.4 Å². The van der Waals surface area contributed by atoms with Crippen molar-refractivity contribution in [2.75, 3.05) is 0 Å². The SMILES string of the molecule is NC1=[N+]([O-])C(N)NC(Oc2ccccc2)=C1. The van der Waals surface area contributed by atoms with Crippen molar-refractivity contribution >= 4 is 5.84 Å². The molecule has 5 N–H and O–H groups in total. The highest BCUT2D eigenvalue weighted by Crippen LogP contribution is 2.12. The highest BCUT2D eigenvalue weighted by Gasteiger charge is 2.18. The molecule has 0 amide bonds. The van der Waals surface area contributed by atoms with Gasteiger partial charge in [0.05, 0.1) is 6.08 Å². The lowest BCUT2D eigenvalue weighted by Crippen LogP contribution is -2.51. The zero-order valence-electron chi connectivity index (χ0n) is 8.46. The van der Waals surface area contributed by atoms with Crippen molar-refractivity contribution in [2.24, 2.45) is 11.5 Å². The highest BCUT2D eigenvalue weighted by molar-refractivity contribution is 5.88. The summed E-state index contributed by atoms with van der Waals surface area (Å²) >= 11 is 0. The number of nitrogens with two attached hydrogens (primary N) is 2. The number of para-hydroxylation sites is 1. The summed E-state index contributed by atoms with van der Waals surface area (Å²) in [6.45, 7) is 0. The predicted octanol–water partition coefficient (Wildman–Crippen LogP) is -0.380. The molecule has 0 spiro atoms. The zero-order valence-corrected chi connectivity index (χ0v) is 8.46. The summed E-state index contributed by atoms with van der Waals surface area (Å²) in [7, 11) is 0. The van der Waals surface area contributed by atoms with E-state index in [0.717, 1.165) is 0 Å². The van der Waals surface area contributed by atoms with Gasteiger partial charge < -0.3 is 15.3 Å². The molecule has 0 aromatic heterocycles. The van der Waals surface area contributed by atoms with Crippen LogP contribution in [0.1, 0.15) is 0 Å². The second-order valence-corrected chi connectivity index (χ2v) is 3.26. The fourth-order valence-corrected chi connectivity index (χ4v) is 1.28. The van der Waals surface area contributed by atoms with E-state index in [1.165, 1.54) is 6.08 Å². The third-order valence-electron chi connectivity index (χ3n) is 2.05. The zero-order chi connectivity index (χ0) is 11.5. The van der Waals surface area contributed by atoms with Crippen LogP contribution < -0.4 is 21.5 Å². The summed E-state index contributed by atoms with van der Waals surface area (Å²) in [4.78, 5) is 0. The van der Waals surface area contributed by atoms with E-state index < -0.39 is 6.29 Å². The van der Waals surface area contributed by atoms with Gasteiger partial charge in [0.15, 0.2) is 0 Å². The molecule has 16 heavy (non-hydrogen) atoms. The Morgan fingerprint density at radius 2 is 2.00 bits per heavy atom. The fraction of sp³-hybridized carbons (Fsp3) is 0.100. The van der Waals surface area contributed by atoms with Gasteiger partial charge in [0.2, 0.25) is 12.2 Å². The number of nitrogens with one attached hydrogen (secondary N) is 1. The van der Waals surface area contributed by atoms with Gasteiger partial charge in [-0.05, 0) is 12.1 Å². The van der Waals surface area contributed by atoms with E-state index in [-0.39, 0.29) is 5.84 Å². The molecule has 1 heterocycles. The summed E-state index contributed by atoms with van der Waals surface area (Å²) < 4.78 is 5.92. The van der Waals surface area contributed by atoms with Gasteiger partial charge >= 0.3 is 0 Å². The number of ether oxygens (including phenoxy) is 1. The maximum absolute atomic E-state index is 11.2. The van der Waals surface area contributed by atoms with Gasteiger partial charge in [0.1, 0.15) is 5.75 Å².